The first kappa shape index (κ1) is 10.6. The van der Waals surface area contributed by atoms with Crippen molar-refractivity contribution in [3.63, 3.8) is 0 Å². The summed E-state index contributed by atoms with van der Waals surface area (Å²) in [4.78, 5) is 11.9. The Morgan fingerprint density at radius 2 is 2.00 bits per heavy atom. The van der Waals surface area contributed by atoms with E-state index in [1.807, 2.05) is 18.2 Å². The maximum atomic E-state index is 11.9. The Kier molecular flexibility index (Phi) is 2.35. The third kappa shape index (κ3) is 1.45. The predicted octanol–water partition coefficient (Wildman–Crippen LogP) is 3.03. The zero-order valence-corrected chi connectivity index (χ0v) is 9.99. The van der Waals surface area contributed by atoms with Crippen molar-refractivity contribution < 1.29 is 14.3 Å². The lowest BCUT2D eigenvalue weighted by Gasteiger charge is -2.33. The first-order valence-electron chi connectivity index (χ1n) is 6.18. The molecule has 0 aromatic heterocycles. The van der Waals surface area contributed by atoms with E-state index in [-0.39, 0.29) is 5.97 Å². The molecule has 3 rings (SSSR count). The molecule has 17 heavy (non-hydrogen) atoms. The molecule has 3 heteroatoms. The molecule has 1 aromatic carbocycles. The largest absolute Gasteiger partial charge is 0.496 e. The minimum absolute atomic E-state index is 0.194. The average molecular weight is 232 g/mol. The Bertz CT molecular complexity index is 459. The topological polar surface area (TPSA) is 35.5 Å². The summed E-state index contributed by atoms with van der Waals surface area (Å²) in [5, 5.41) is 0. The van der Waals surface area contributed by atoms with Gasteiger partial charge in [-0.3, -0.25) is 0 Å². The Morgan fingerprint density at radius 3 is 2.71 bits per heavy atom. The van der Waals surface area contributed by atoms with Crippen LogP contribution >= 0.6 is 0 Å². The monoisotopic (exact) mass is 232 g/mol. The van der Waals surface area contributed by atoms with Gasteiger partial charge in [0, 0.05) is 0 Å². The quantitative estimate of drug-likeness (QED) is 0.698. The van der Waals surface area contributed by atoms with E-state index in [9.17, 15) is 4.79 Å². The molecule has 1 aliphatic carbocycles. The normalized spacial score (nSPS) is 21.1. The molecule has 1 saturated carbocycles. The molecule has 1 spiro atoms. The molecule has 0 N–H and O–H groups in total. The van der Waals surface area contributed by atoms with Crippen molar-refractivity contribution in [3.8, 4) is 5.75 Å². The van der Waals surface area contributed by atoms with Crippen LogP contribution in [0.15, 0.2) is 18.2 Å². The van der Waals surface area contributed by atoms with Crippen LogP contribution in [0.25, 0.3) is 0 Å². The number of benzene rings is 1. The summed E-state index contributed by atoms with van der Waals surface area (Å²) in [6.45, 7) is 0. The molecule has 1 aliphatic heterocycles. The number of fused-ring (bicyclic) bond motifs is 2. The van der Waals surface area contributed by atoms with E-state index >= 15 is 0 Å². The molecule has 0 unspecified atom stereocenters. The van der Waals surface area contributed by atoms with E-state index in [2.05, 4.69) is 0 Å². The minimum atomic E-state index is -0.405. The number of hydrogen-bond acceptors (Lipinski definition) is 3. The van der Waals surface area contributed by atoms with Crippen molar-refractivity contribution >= 4 is 5.97 Å². The summed E-state index contributed by atoms with van der Waals surface area (Å²) >= 11 is 0. The van der Waals surface area contributed by atoms with Crippen LogP contribution in [0.5, 0.6) is 5.75 Å². The van der Waals surface area contributed by atoms with Gasteiger partial charge < -0.3 is 9.47 Å². The van der Waals surface area contributed by atoms with Crippen LogP contribution in [0, 0.1) is 0 Å². The number of methoxy groups -OCH3 is 1. The summed E-state index contributed by atoms with van der Waals surface area (Å²) in [5.74, 6) is 0.594. The summed E-state index contributed by atoms with van der Waals surface area (Å²) in [5.41, 5.74) is 1.26. The number of ether oxygens (including phenoxy) is 2. The number of hydrogen-bond donors (Lipinski definition) is 0. The van der Waals surface area contributed by atoms with Crippen LogP contribution in [-0.4, -0.2) is 13.1 Å². The van der Waals surface area contributed by atoms with E-state index in [0.29, 0.717) is 5.56 Å². The van der Waals surface area contributed by atoms with Crippen LogP contribution in [0.2, 0.25) is 0 Å². The van der Waals surface area contributed by atoms with Gasteiger partial charge in [0.2, 0.25) is 0 Å². The van der Waals surface area contributed by atoms with Gasteiger partial charge in [-0.1, -0.05) is 12.5 Å². The number of carbonyl (C=O) groups excluding carboxylic acids is 1. The SMILES string of the molecule is COc1cccc2c1C1(CCCCC1)OC2=O. The third-order valence-electron chi connectivity index (χ3n) is 3.87. The minimum Gasteiger partial charge on any atom is -0.496 e. The van der Waals surface area contributed by atoms with E-state index in [1.54, 1.807) is 7.11 Å². The highest BCUT2D eigenvalue weighted by Gasteiger charge is 2.47. The first-order valence-corrected chi connectivity index (χ1v) is 6.18. The molecule has 0 saturated heterocycles. The van der Waals surface area contributed by atoms with Gasteiger partial charge in [0.15, 0.2) is 0 Å². The van der Waals surface area contributed by atoms with Gasteiger partial charge in [-0.15, -0.1) is 0 Å². The Balaban J connectivity index is 2.16. The van der Waals surface area contributed by atoms with E-state index in [1.165, 1.54) is 6.42 Å². The Morgan fingerprint density at radius 1 is 1.24 bits per heavy atom. The van der Waals surface area contributed by atoms with Gasteiger partial charge in [0.1, 0.15) is 11.4 Å². The van der Waals surface area contributed by atoms with Gasteiger partial charge in [0.25, 0.3) is 0 Å². The fourth-order valence-electron chi connectivity index (χ4n) is 3.10. The van der Waals surface area contributed by atoms with Gasteiger partial charge in [-0.25, -0.2) is 4.79 Å². The average Bonchev–Trinajstić information content (AvgIpc) is 2.64. The number of carbonyl (C=O) groups is 1. The highest BCUT2D eigenvalue weighted by atomic mass is 16.6. The molecule has 2 aliphatic rings. The summed E-state index contributed by atoms with van der Waals surface area (Å²) in [6.07, 6.45) is 5.30. The molecule has 0 atom stereocenters. The van der Waals surface area contributed by atoms with Crippen LogP contribution in [0.4, 0.5) is 0 Å². The van der Waals surface area contributed by atoms with E-state index in [0.717, 1.165) is 37.0 Å². The van der Waals surface area contributed by atoms with Crippen molar-refractivity contribution in [2.45, 2.75) is 37.7 Å². The van der Waals surface area contributed by atoms with Crippen LogP contribution in [-0.2, 0) is 10.3 Å². The lowest BCUT2D eigenvalue weighted by atomic mass is 9.79. The molecule has 0 bridgehead atoms. The second-order valence-corrected chi connectivity index (χ2v) is 4.83. The molecule has 1 fully saturated rings. The first-order chi connectivity index (χ1) is 8.27. The van der Waals surface area contributed by atoms with Gasteiger partial charge in [-0.05, 0) is 37.8 Å². The smallest absolute Gasteiger partial charge is 0.339 e. The zero-order valence-electron chi connectivity index (χ0n) is 9.99. The van der Waals surface area contributed by atoms with Crippen LogP contribution in [0.1, 0.15) is 48.0 Å². The van der Waals surface area contributed by atoms with Crippen molar-refractivity contribution in [1.82, 2.24) is 0 Å². The molecule has 0 amide bonds. The lowest BCUT2D eigenvalue weighted by Crippen LogP contribution is -2.29. The summed E-state index contributed by atoms with van der Waals surface area (Å²) < 4.78 is 11.1. The van der Waals surface area contributed by atoms with Gasteiger partial charge in [-0.2, -0.15) is 0 Å². The maximum Gasteiger partial charge on any atom is 0.339 e. The predicted molar refractivity (Wildman–Crippen MR) is 63.2 cm³/mol. The summed E-state index contributed by atoms with van der Waals surface area (Å²) in [6, 6.07) is 5.60. The highest BCUT2D eigenvalue weighted by molar-refractivity contribution is 5.95. The molecule has 1 heterocycles. The molecular weight excluding hydrogens is 216 g/mol. The van der Waals surface area contributed by atoms with Crippen molar-refractivity contribution in [2.75, 3.05) is 7.11 Å². The van der Waals surface area contributed by atoms with Gasteiger partial charge >= 0.3 is 5.97 Å². The molecule has 90 valence electrons. The maximum absolute atomic E-state index is 11.9. The van der Waals surface area contributed by atoms with Crippen molar-refractivity contribution in [2.24, 2.45) is 0 Å². The van der Waals surface area contributed by atoms with Crippen molar-refractivity contribution in [1.29, 1.82) is 0 Å². The molecular formula is C14H16O3. The second-order valence-electron chi connectivity index (χ2n) is 4.83. The second kappa shape index (κ2) is 3.76. The standard InChI is InChI=1S/C14H16O3/c1-16-11-7-5-6-10-12(11)14(17-13(10)15)8-3-2-4-9-14/h5-7H,2-4,8-9H2,1H3. The van der Waals surface area contributed by atoms with Crippen molar-refractivity contribution in [3.05, 3.63) is 29.3 Å². The Labute approximate surface area is 101 Å². The van der Waals surface area contributed by atoms with Gasteiger partial charge in [0.05, 0.1) is 18.2 Å². The molecule has 1 aromatic rings. The molecule has 0 radical (unpaired) electrons. The van der Waals surface area contributed by atoms with Crippen LogP contribution < -0.4 is 4.74 Å². The number of rotatable bonds is 1. The van der Waals surface area contributed by atoms with Crippen LogP contribution in [0.3, 0.4) is 0 Å². The molecule has 3 nitrogen and oxygen atoms in total. The number of esters is 1. The lowest BCUT2D eigenvalue weighted by molar-refractivity contribution is -0.0288. The highest BCUT2D eigenvalue weighted by Crippen LogP contribution is 2.50. The fraction of sp³-hybridized carbons (Fsp3) is 0.500. The van der Waals surface area contributed by atoms with E-state index < -0.39 is 5.60 Å². The fourth-order valence-corrected chi connectivity index (χ4v) is 3.10. The van der Waals surface area contributed by atoms with E-state index in [4.69, 9.17) is 9.47 Å². The third-order valence-corrected chi connectivity index (χ3v) is 3.87. The summed E-state index contributed by atoms with van der Waals surface area (Å²) in [7, 11) is 1.65. The Hall–Kier alpha value is -1.51. The zero-order chi connectivity index (χ0) is 11.9.